The first-order valence-electron chi connectivity index (χ1n) is 5.79. The number of rotatable bonds is 3. The van der Waals surface area contributed by atoms with Gasteiger partial charge in [-0.3, -0.25) is 0 Å². The average molecular weight is 243 g/mol. The molecule has 3 heteroatoms. The van der Waals surface area contributed by atoms with Crippen LogP contribution < -0.4 is 15.2 Å². The number of nitrogens with two attached hydrogens (primary N) is 1. The number of ether oxygens (including phenoxy) is 2. The van der Waals surface area contributed by atoms with Crippen LogP contribution in [0.1, 0.15) is 11.1 Å². The van der Waals surface area contributed by atoms with Gasteiger partial charge in [0.05, 0.1) is 7.11 Å². The van der Waals surface area contributed by atoms with E-state index in [1.54, 1.807) is 7.11 Å². The fraction of sp³-hybridized carbons (Fsp3) is 0.200. The van der Waals surface area contributed by atoms with Crippen LogP contribution in [0.25, 0.3) is 0 Å². The molecule has 0 heterocycles. The number of nitrogen functional groups attached to an aromatic ring is 1. The van der Waals surface area contributed by atoms with Crippen LogP contribution in [-0.2, 0) is 0 Å². The Bertz CT molecular complexity index is 564. The van der Waals surface area contributed by atoms with Gasteiger partial charge in [0.15, 0.2) is 11.5 Å². The summed E-state index contributed by atoms with van der Waals surface area (Å²) in [6, 6.07) is 11.4. The van der Waals surface area contributed by atoms with E-state index < -0.39 is 0 Å². The molecule has 0 amide bonds. The van der Waals surface area contributed by atoms with Gasteiger partial charge in [-0.2, -0.15) is 0 Å². The predicted octanol–water partition coefficient (Wildman–Crippen LogP) is 3.69. The van der Waals surface area contributed by atoms with E-state index >= 15 is 0 Å². The Morgan fingerprint density at radius 1 is 0.889 bits per heavy atom. The minimum absolute atomic E-state index is 0.701. The predicted molar refractivity (Wildman–Crippen MR) is 73.4 cm³/mol. The van der Waals surface area contributed by atoms with Gasteiger partial charge < -0.3 is 15.2 Å². The Labute approximate surface area is 107 Å². The summed E-state index contributed by atoms with van der Waals surface area (Å²) in [5.74, 6) is 2.21. The van der Waals surface area contributed by atoms with Gasteiger partial charge in [-0.15, -0.1) is 0 Å². The van der Waals surface area contributed by atoms with Crippen molar-refractivity contribution in [2.75, 3.05) is 12.8 Å². The lowest BCUT2D eigenvalue weighted by Gasteiger charge is -2.13. The molecule has 2 N–H and O–H groups in total. The fourth-order valence-corrected chi connectivity index (χ4v) is 1.74. The quantitative estimate of drug-likeness (QED) is 0.836. The summed E-state index contributed by atoms with van der Waals surface area (Å²) in [4.78, 5) is 0. The largest absolute Gasteiger partial charge is 0.493 e. The second-order valence-corrected chi connectivity index (χ2v) is 4.23. The van der Waals surface area contributed by atoms with Crippen molar-refractivity contribution in [3.63, 3.8) is 0 Å². The molecule has 94 valence electrons. The lowest BCUT2D eigenvalue weighted by atomic mass is 10.1. The van der Waals surface area contributed by atoms with Crippen LogP contribution in [0.15, 0.2) is 36.4 Å². The second-order valence-electron chi connectivity index (χ2n) is 4.23. The molecule has 0 atom stereocenters. The van der Waals surface area contributed by atoms with Crippen LogP contribution in [-0.4, -0.2) is 7.11 Å². The molecule has 0 aromatic heterocycles. The van der Waals surface area contributed by atoms with E-state index in [0.717, 1.165) is 22.6 Å². The SMILES string of the molecule is COc1ccccc1Oc1cc(C)c(N)cc1C. The highest BCUT2D eigenvalue weighted by Gasteiger charge is 2.08. The summed E-state index contributed by atoms with van der Waals surface area (Å²) in [5.41, 5.74) is 8.65. The lowest BCUT2D eigenvalue weighted by molar-refractivity contribution is 0.378. The third-order valence-corrected chi connectivity index (χ3v) is 2.85. The molecule has 2 aromatic carbocycles. The zero-order valence-electron chi connectivity index (χ0n) is 10.9. The van der Waals surface area contributed by atoms with Crippen LogP contribution in [0, 0.1) is 13.8 Å². The Morgan fingerprint density at radius 3 is 2.22 bits per heavy atom. The standard InChI is InChI=1S/C15H17NO2/c1-10-9-15(11(2)8-12(10)16)18-14-7-5-4-6-13(14)17-3/h4-9H,16H2,1-3H3. The van der Waals surface area contributed by atoms with Crippen LogP contribution in [0.4, 0.5) is 5.69 Å². The Balaban J connectivity index is 2.37. The van der Waals surface area contributed by atoms with E-state index in [0.29, 0.717) is 11.5 Å². The summed E-state index contributed by atoms with van der Waals surface area (Å²) in [6.45, 7) is 3.93. The summed E-state index contributed by atoms with van der Waals surface area (Å²) in [7, 11) is 1.63. The van der Waals surface area contributed by atoms with Gasteiger partial charge in [-0.25, -0.2) is 0 Å². The van der Waals surface area contributed by atoms with Crippen molar-refractivity contribution in [1.82, 2.24) is 0 Å². The normalized spacial score (nSPS) is 10.2. The first-order chi connectivity index (χ1) is 8.61. The minimum atomic E-state index is 0.701. The third-order valence-electron chi connectivity index (χ3n) is 2.85. The first kappa shape index (κ1) is 12.3. The molecule has 2 aromatic rings. The van der Waals surface area contributed by atoms with E-state index in [2.05, 4.69) is 0 Å². The van der Waals surface area contributed by atoms with Crippen molar-refractivity contribution < 1.29 is 9.47 Å². The molecule has 3 nitrogen and oxygen atoms in total. The molecule has 2 rings (SSSR count). The van der Waals surface area contributed by atoms with E-state index in [1.165, 1.54) is 0 Å². The van der Waals surface area contributed by atoms with Gasteiger partial charge in [-0.1, -0.05) is 12.1 Å². The fourth-order valence-electron chi connectivity index (χ4n) is 1.74. The van der Waals surface area contributed by atoms with E-state index in [1.807, 2.05) is 50.2 Å². The number of para-hydroxylation sites is 2. The summed E-state index contributed by atoms with van der Waals surface area (Å²) in [6.07, 6.45) is 0. The number of aryl methyl sites for hydroxylation is 2. The van der Waals surface area contributed by atoms with Gasteiger partial charge in [0.1, 0.15) is 5.75 Å². The maximum Gasteiger partial charge on any atom is 0.169 e. The Morgan fingerprint density at radius 2 is 1.56 bits per heavy atom. The smallest absolute Gasteiger partial charge is 0.169 e. The number of hydrogen-bond acceptors (Lipinski definition) is 3. The molecule has 0 bridgehead atoms. The van der Waals surface area contributed by atoms with Crippen molar-refractivity contribution in [1.29, 1.82) is 0 Å². The number of methoxy groups -OCH3 is 1. The monoisotopic (exact) mass is 243 g/mol. The molecule has 18 heavy (non-hydrogen) atoms. The minimum Gasteiger partial charge on any atom is -0.493 e. The van der Waals surface area contributed by atoms with Crippen molar-refractivity contribution in [2.45, 2.75) is 13.8 Å². The summed E-state index contributed by atoms with van der Waals surface area (Å²) < 4.78 is 11.1. The highest BCUT2D eigenvalue weighted by atomic mass is 16.5. The maximum absolute atomic E-state index is 5.89. The number of hydrogen-bond donors (Lipinski definition) is 1. The molecule has 0 radical (unpaired) electrons. The van der Waals surface area contributed by atoms with Crippen molar-refractivity contribution in [3.05, 3.63) is 47.5 Å². The Hall–Kier alpha value is -2.16. The lowest BCUT2D eigenvalue weighted by Crippen LogP contribution is -1.95. The van der Waals surface area contributed by atoms with E-state index in [4.69, 9.17) is 15.2 Å². The molecule has 0 aliphatic rings. The molecule has 0 saturated carbocycles. The molecular weight excluding hydrogens is 226 g/mol. The topological polar surface area (TPSA) is 44.5 Å². The molecule has 0 aliphatic heterocycles. The van der Waals surface area contributed by atoms with Crippen molar-refractivity contribution in [2.24, 2.45) is 0 Å². The zero-order valence-corrected chi connectivity index (χ0v) is 10.9. The number of benzene rings is 2. The maximum atomic E-state index is 5.89. The Kier molecular flexibility index (Phi) is 3.42. The van der Waals surface area contributed by atoms with Gasteiger partial charge >= 0.3 is 0 Å². The first-order valence-corrected chi connectivity index (χ1v) is 5.79. The molecular formula is C15H17NO2. The summed E-state index contributed by atoms with van der Waals surface area (Å²) >= 11 is 0. The average Bonchev–Trinajstić information content (AvgIpc) is 2.36. The van der Waals surface area contributed by atoms with Crippen LogP contribution >= 0.6 is 0 Å². The zero-order chi connectivity index (χ0) is 13.1. The molecule has 0 saturated heterocycles. The highest BCUT2D eigenvalue weighted by molar-refractivity contribution is 5.55. The van der Waals surface area contributed by atoms with Gasteiger partial charge in [0.25, 0.3) is 0 Å². The molecule has 0 spiro atoms. The van der Waals surface area contributed by atoms with Crippen molar-refractivity contribution in [3.8, 4) is 17.2 Å². The van der Waals surface area contributed by atoms with Gasteiger partial charge in [0.2, 0.25) is 0 Å². The summed E-state index contributed by atoms with van der Waals surface area (Å²) in [5, 5.41) is 0. The van der Waals surface area contributed by atoms with E-state index in [9.17, 15) is 0 Å². The second kappa shape index (κ2) is 5.00. The van der Waals surface area contributed by atoms with Crippen LogP contribution in [0.5, 0.6) is 17.2 Å². The van der Waals surface area contributed by atoms with Crippen LogP contribution in [0.3, 0.4) is 0 Å². The van der Waals surface area contributed by atoms with Gasteiger partial charge in [0, 0.05) is 5.69 Å². The number of anilines is 1. The van der Waals surface area contributed by atoms with Gasteiger partial charge in [-0.05, 0) is 49.2 Å². The highest BCUT2D eigenvalue weighted by Crippen LogP contribution is 2.34. The third kappa shape index (κ3) is 2.40. The molecule has 0 unspecified atom stereocenters. The van der Waals surface area contributed by atoms with Crippen molar-refractivity contribution >= 4 is 5.69 Å². The molecule has 0 fully saturated rings. The van der Waals surface area contributed by atoms with E-state index in [-0.39, 0.29) is 0 Å². The molecule has 0 aliphatic carbocycles. The van der Waals surface area contributed by atoms with Crippen LogP contribution in [0.2, 0.25) is 0 Å².